The Kier molecular flexibility index (Phi) is 4.01. The maximum Gasteiger partial charge on any atom is 0.258 e. The lowest BCUT2D eigenvalue weighted by molar-refractivity contribution is 0.102. The number of halogens is 2. The van der Waals surface area contributed by atoms with Crippen molar-refractivity contribution >= 4 is 56.9 Å². The maximum atomic E-state index is 12.6. The Labute approximate surface area is 158 Å². The van der Waals surface area contributed by atoms with Crippen LogP contribution in [0.5, 0.6) is 0 Å². The quantitative estimate of drug-likeness (QED) is 0.555. The predicted molar refractivity (Wildman–Crippen MR) is 103 cm³/mol. The molecule has 1 amide bonds. The molecule has 0 aliphatic carbocycles. The van der Waals surface area contributed by atoms with Crippen LogP contribution in [0.3, 0.4) is 0 Å². The summed E-state index contributed by atoms with van der Waals surface area (Å²) in [7, 11) is 1.82. The lowest BCUT2D eigenvalue weighted by Crippen LogP contribution is -2.13. The second-order valence-electron chi connectivity index (χ2n) is 5.88. The van der Waals surface area contributed by atoms with Gasteiger partial charge >= 0.3 is 0 Å². The van der Waals surface area contributed by atoms with Crippen LogP contribution in [-0.4, -0.2) is 25.7 Å². The highest BCUT2D eigenvalue weighted by molar-refractivity contribution is 6.39. The first-order chi connectivity index (χ1) is 12.4. The van der Waals surface area contributed by atoms with Gasteiger partial charge in [0.25, 0.3) is 5.91 Å². The highest BCUT2D eigenvalue weighted by atomic mass is 35.5. The molecule has 0 saturated heterocycles. The molecule has 3 heterocycles. The lowest BCUT2D eigenvalue weighted by Gasteiger charge is -2.07. The molecule has 6 nitrogen and oxygen atoms in total. The Morgan fingerprint density at radius 3 is 2.69 bits per heavy atom. The van der Waals surface area contributed by atoms with E-state index < -0.39 is 0 Å². The first-order valence-electron chi connectivity index (χ1n) is 7.79. The second-order valence-corrected chi connectivity index (χ2v) is 6.69. The summed E-state index contributed by atoms with van der Waals surface area (Å²) in [6.07, 6.45) is 1.52. The van der Waals surface area contributed by atoms with Crippen molar-refractivity contribution in [3.8, 4) is 0 Å². The topological polar surface area (TPSA) is 72.7 Å². The van der Waals surface area contributed by atoms with E-state index >= 15 is 0 Å². The number of fused-ring (bicyclic) bond motifs is 2. The van der Waals surface area contributed by atoms with Gasteiger partial charge in [-0.2, -0.15) is 5.10 Å². The molecule has 0 aliphatic rings. The summed E-state index contributed by atoms with van der Waals surface area (Å²) in [5.41, 5.74) is 2.50. The number of carbonyl (C=O) groups is 1. The zero-order valence-corrected chi connectivity index (χ0v) is 15.4. The van der Waals surface area contributed by atoms with Crippen LogP contribution in [0.15, 0.2) is 36.5 Å². The van der Waals surface area contributed by atoms with E-state index in [0.29, 0.717) is 26.9 Å². The van der Waals surface area contributed by atoms with Gasteiger partial charge in [-0.1, -0.05) is 23.2 Å². The molecule has 0 aliphatic heterocycles. The summed E-state index contributed by atoms with van der Waals surface area (Å²) in [5.74, 6) is 0.0716. The van der Waals surface area contributed by atoms with Crippen molar-refractivity contribution in [2.24, 2.45) is 7.05 Å². The number of aryl methyl sites for hydroxylation is 2. The molecule has 26 heavy (non-hydrogen) atoms. The maximum absolute atomic E-state index is 12.6. The van der Waals surface area contributed by atoms with Crippen molar-refractivity contribution in [2.75, 3.05) is 5.32 Å². The van der Waals surface area contributed by atoms with E-state index in [1.165, 1.54) is 6.20 Å². The zero-order valence-electron chi connectivity index (χ0n) is 13.9. The van der Waals surface area contributed by atoms with Crippen LogP contribution in [0.4, 0.5) is 5.82 Å². The summed E-state index contributed by atoms with van der Waals surface area (Å²) in [6.45, 7) is 1.88. The number of rotatable bonds is 2. The Bertz CT molecular complexity index is 1190. The molecule has 4 aromatic rings. The SMILES string of the molecule is Cc1nn(C)c2ncc(C(=O)Nc3ccc4c(Cl)ccc(Cl)c4n3)cc12. The van der Waals surface area contributed by atoms with Gasteiger partial charge in [0, 0.05) is 24.0 Å². The highest BCUT2D eigenvalue weighted by Crippen LogP contribution is 2.29. The number of benzene rings is 1. The summed E-state index contributed by atoms with van der Waals surface area (Å²) < 4.78 is 1.68. The zero-order chi connectivity index (χ0) is 18.4. The van der Waals surface area contributed by atoms with Gasteiger partial charge in [0.2, 0.25) is 0 Å². The molecule has 0 atom stereocenters. The Hall–Kier alpha value is -2.70. The smallest absolute Gasteiger partial charge is 0.258 e. The Morgan fingerprint density at radius 1 is 1.12 bits per heavy atom. The van der Waals surface area contributed by atoms with Crippen LogP contribution < -0.4 is 5.32 Å². The molecular weight excluding hydrogens is 373 g/mol. The van der Waals surface area contributed by atoms with E-state index in [9.17, 15) is 4.79 Å². The van der Waals surface area contributed by atoms with Crippen LogP contribution in [0.1, 0.15) is 16.1 Å². The highest BCUT2D eigenvalue weighted by Gasteiger charge is 2.13. The third kappa shape index (κ3) is 2.77. The fourth-order valence-electron chi connectivity index (χ4n) is 2.84. The summed E-state index contributed by atoms with van der Waals surface area (Å²) in [6, 6.07) is 8.62. The van der Waals surface area contributed by atoms with Gasteiger partial charge in [0.1, 0.15) is 5.82 Å². The van der Waals surface area contributed by atoms with Crippen molar-refractivity contribution < 1.29 is 4.79 Å². The number of nitrogens with zero attached hydrogens (tertiary/aromatic N) is 4. The van der Waals surface area contributed by atoms with Gasteiger partial charge in [0.15, 0.2) is 5.65 Å². The van der Waals surface area contributed by atoms with E-state index in [-0.39, 0.29) is 5.91 Å². The van der Waals surface area contributed by atoms with Crippen molar-refractivity contribution in [1.29, 1.82) is 0 Å². The van der Waals surface area contributed by atoms with Crippen LogP contribution in [0.25, 0.3) is 21.9 Å². The second kappa shape index (κ2) is 6.23. The summed E-state index contributed by atoms with van der Waals surface area (Å²) in [4.78, 5) is 21.3. The molecule has 0 bridgehead atoms. The van der Waals surface area contributed by atoms with Gasteiger partial charge in [-0.05, 0) is 37.3 Å². The van der Waals surface area contributed by atoms with Crippen LogP contribution in [-0.2, 0) is 7.05 Å². The predicted octanol–water partition coefficient (Wildman–Crippen LogP) is 4.38. The number of nitrogens with one attached hydrogen (secondary N) is 1. The molecule has 0 saturated carbocycles. The monoisotopic (exact) mass is 385 g/mol. The lowest BCUT2D eigenvalue weighted by atomic mass is 10.2. The van der Waals surface area contributed by atoms with Crippen molar-refractivity contribution in [3.05, 3.63) is 57.8 Å². The largest absolute Gasteiger partial charge is 0.306 e. The minimum absolute atomic E-state index is 0.312. The van der Waals surface area contributed by atoms with Crippen molar-refractivity contribution in [2.45, 2.75) is 6.92 Å². The minimum atomic E-state index is -0.312. The summed E-state index contributed by atoms with van der Waals surface area (Å²) in [5, 5.41) is 9.66. The molecule has 0 fully saturated rings. The molecule has 0 spiro atoms. The molecule has 4 rings (SSSR count). The fourth-order valence-corrected chi connectivity index (χ4v) is 3.26. The first kappa shape index (κ1) is 16.8. The van der Waals surface area contributed by atoms with Gasteiger partial charge in [0.05, 0.1) is 26.8 Å². The number of pyridine rings is 2. The van der Waals surface area contributed by atoms with Gasteiger partial charge in [-0.3, -0.25) is 9.48 Å². The molecule has 130 valence electrons. The van der Waals surface area contributed by atoms with Crippen LogP contribution in [0, 0.1) is 6.92 Å². The van der Waals surface area contributed by atoms with Crippen molar-refractivity contribution in [3.63, 3.8) is 0 Å². The molecule has 8 heteroatoms. The molecule has 0 radical (unpaired) electrons. The minimum Gasteiger partial charge on any atom is -0.306 e. The molecule has 1 aromatic carbocycles. The number of hydrogen-bond acceptors (Lipinski definition) is 4. The number of hydrogen-bond donors (Lipinski definition) is 1. The Morgan fingerprint density at radius 2 is 1.88 bits per heavy atom. The van der Waals surface area contributed by atoms with Gasteiger partial charge in [-0.15, -0.1) is 0 Å². The van der Waals surface area contributed by atoms with E-state index in [1.54, 1.807) is 35.0 Å². The normalized spacial score (nSPS) is 11.2. The molecular formula is C18H13Cl2N5O. The van der Waals surface area contributed by atoms with E-state index in [1.807, 2.05) is 14.0 Å². The fraction of sp³-hybridized carbons (Fsp3) is 0.111. The van der Waals surface area contributed by atoms with E-state index in [4.69, 9.17) is 23.2 Å². The third-order valence-electron chi connectivity index (χ3n) is 4.12. The van der Waals surface area contributed by atoms with E-state index in [2.05, 4.69) is 20.4 Å². The van der Waals surface area contributed by atoms with Crippen molar-refractivity contribution in [1.82, 2.24) is 19.7 Å². The molecule has 3 aromatic heterocycles. The average Bonchev–Trinajstić information content (AvgIpc) is 2.92. The van der Waals surface area contributed by atoms with Crippen LogP contribution >= 0.6 is 23.2 Å². The first-order valence-corrected chi connectivity index (χ1v) is 8.55. The van der Waals surface area contributed by atoms with E-state index in [0.717, 1.165) is 22.1 Å². The summed E-state index contributed by atoms with van der Waals surface area (Å²) >= 11 is 12.3. The number of aromatic nitrogens is 4. The third-order valence-corrected chi connectivity index (χ3v) is 4.76. The van der Waals surface area contributed by atoms with Gasteiger partial charge < -0.3 is 5.32 Å². The molecule has 1 N–H and O–H groups in total. The van der Waals surface area contributed by atoms with Crippen LogP contribution in [0.2, 0.25) is 10.0 Å². The van der Waals surface area contributed by atoms with Gasteiger partial charge in [-0.25, -0.2) is 9.97 Å². The molecule has 0 unspecified atom stereocenters. The number of anilines is 1. The standard InChI is InChI=1S/C18H13Cl2N5O/c1-9-12-7-10(8-21-17(12)25(2)24-9)18(26)23-15-6-3-11-13(19)4-5-14(20)16(11)22-15/h3-8H,1-2H3,(H,22,23,26). The number of amides is 1. The number of carbonyl (C=O) groups excluding carboxylic acids is 1. The Balaban J connectivity index is 1.69. The average molecular weight is 386 g/mol.